The van der Waals surface area contributed by atoms with Crippen molar-refractivity contribution in [2.45, 2.75) is 12.8 Å². The van der Waals surface area contributed by atoms with Crippen molar-refractivity contribution in [3.05, 3.63) is 24.2 Å². The van der Waals surface area contributed by atoms with Crippen molar-refractivity contribution in [2.75, 3.05) is 51.2 Å². The van der Waals surface area contributed by atoms with E-state index in [-0.39, 0.29) is 0 Å². The van der Waals surface area contributed by atoms with Crippen molar-refractivity contribution in [1.29, 1.82) is 0 Å². The highest BCUT2D eigenvalue weighted by molar-refractivity contribution is 5.56. The molecule has 2 saturated heterocycles. The van der Waals surface area contributed by atoms with Crippen molar-refractivity contribution in [3.63, 3.8) is 0 Å². The number of hydrogen-bond donors (Lipinski definition) is 1. The standard InChI is InChI=1S/C16H24N6/c1-20-6-2-13(12-20)10-15-18-16-11-14(3-7-22(16)19-15)21-8-4-17-5-9-21/h3,7,11,13,17H,2,4-6,8-10,12H2,1H3. The van der Waals surface area contributed by atoms with Crippen LogP contribution >= 0.6 is 0 Å². The van der Waals surface area contributed by atoms with E-state index in [9.17, 15) is 0 Å². The molecule has 0 radical (unpaired) electrons. The highest BCUT2D eigenvalue weighted by Crippen LogP contribution is 2.20. The maximum Gasteiger partial charge on any atom is 0.157 e. The molecule has 2 aliphatic rings. The summed E-state index contributed by atoms with van der Waals surface area (Å²) in [5.41, 5.74) is 2.23. The van der Waals surface area contributed by atoms with Crippen molar-refractivity contribution in [1.82, 2.24) is 24.8 Å². The largest absolute Gasteiger partial charge is 0.369 e. The summed E-state index contributed by atoms with van der Waals surface area (Å²) in [5, 5.41) is 8.03. The maximum absolute atomic E-state index is 4.75. The lowest BCUT2D eigenvalue weighted by atomic mass is 10.1. The summed E-state index contributed by atoms with van der Waals surface area (Å²) in [6, 6.07) is 4.32. The minimum Gasteiger partial charge on any atom is -0.369 e. The molecule has 22 heavy (non-hydrogen) atoms. The first kappa shape index (κ1) is 14.0. The molecule has 0 aliphatic carbocycles. The van der Waals surface area contributed by atoms with Crippen molar-refractivity contribution in [2.24, 2.45) is 5.92 Å². The highest BCUT2D eigenvalue weighted by atomic mass is 15.3. The van der Waals surface area contributed by atoms with Crippen molar-refractivity contribution in [3.8, 4) is 0 Å². The Balaban J connectivity index is 1.52. The van der Waals surface area contributed by atoms with Crippen LogP contribution in [0.4, 0.5) is 5.69 Å². The third-order valence-electron chi connectivity index (χ3n) is 4.81. The van der Waals surface area contributed by atoms with Gasteiger partial charge in [-0.05, 0) is 32.0 Å². The molecule has 2 fully saturated rings. The molecule has 118 valence electrons. The fourth-order valence-electron chi connectivity index (χ4n) is 3.57. The smallest absolute Gasteiger partial charge is 0.157 e. The second-order valence-corrected chi connectivity index (χ2v) is 6.57. The molecule has 1 N–H and O–H groups in total. The summed E-state index contributed by atoms with van der Waals surface area (Å²) >= 11 is 0. The number of nitrogens with one attached hydrogen (secondary N) is 1. The molecule has 1 atom stereocenters. The van der Waals surface area contributed by atoms with Gasteiger partial charge in [-0.15, -0.1) is 0 Å². The molecule has 4 heterocycles. The molecule has 2 aromatic rings. The zero-order valence-corrected chi connectivity index (χ0v) is 13.2. The van der Waals surface area contributed by atoms with Crippen LogP contribution in [0, 0.1) is 5.92 Å². The number of hydrogen-bond acceptors (Lipinski definition) is 5. The lowest BCUT2D eigenvalue weighted by Gasteiger charge is -2.29. The first-order valence-corrected chi connectivity index (χ1v) is 8.27. The van der Waals surface area contributed by atoms with Crippen LogP contribution in [0.2, 0.25) is 0 Å². The molecule has 6 nitrogen and oxygen atoms in total. The molecule has 0 bridgehead atoms. The van der Waals surface area contributed by atoms with Crippen molar-refractivity contribution >= 4 is 11.3 Å². The highest BCUT2D eigenvalue weighted by Gasteiger charge is 2.21. The van der Waals surface area contributed by atoms with Crippen LogP contribution in [-0.2, 0) is 6.42 Å². The molecule has 2 aromatic heterocycles. The Morgan fingerprint density at radius 1 is 1.27 bits per heavy atom. The van der Waals surface area contributed by atoms with Gasteiger partial charge in [0.25, 0.3) is 0 Å². The number of piperazine rings is 1. The van der Waals surface area contributed by atoms with Gasteiger partial charge < -0.3 is 15.1 Å². The lowest BCUT2D eigenvalue weighted by Crippen LogP contribution is -2.43. The lowest BCUT2D eigenvalue weighted by molar-refractivity contribution is 0.392. The van der Waals surface area contributed by atoms with Crippen LogP contribution < -0.4 is 10.2 Å². The van der Waals surface area contributed by atoms with Crippen molar-refractivity contribution < 1.29 is 0 Å². The normalized spacial score (nSPS) is 23.5. The Morgan fingerprint density at radius 3 is 2.91 bits per heavy atom. The molecule has 0 saturated carbocycles. The van der Waals surface area contributed by atoms with Gasteiger partial charge in [0.05, 0.1) is 0 Å². The van der Waals surface area contributed by atoms with Gasteiger partial charge in [0.15, 0.2) is 11.5 Å². The number of anilines is 1. The summed E-state index contributed by atoms with van der Waals surface area (Å²) in [6.45, 7) is 6.60. The zero-order chi connectivity index (χ0) is 14.9. The van der Waals surface area contributed by atoms with E-state index in [2.05, 4.69) is 39.4 Å². The van der Waals surface area contributed by atoms with E-state index in [4.69, 9.17) is 4.98 Å². The van der Waals surface area contributed by atoms with E-state index in [1.54, 1.807) is 0 Å². The van der Waals surface area contributed by atoms with Crippen LogP contribution in [0.25, 0.3) is 5.65 Å². The Morgan fingerprint density at radius 2 is 2.14 bits per heavy atom. The number of nitrogens with zero attached hydrogens (tertiary/aromatic N) is 5. The van der Waals surface area contributed by atoms with Crippen LogP contribution in [0.3, 0.4) is 0 Å². The van der Waals surface area contributed by atoms with Gasteiger partial charge in [-0.1, -0.05) is 0 Å². The minimum atomic E-state index is 0.704. The Kier molecular flexibility index (Phi) is 3.72. The molecule has 0 spiro atoms. The SMILES string of the molecule is CN1CCC(Cc2nc3cc(N4CCNCC4)ccn3n2)C1. The summed E-state index contributed by atoms with van der Waals surface area (Å²) in [6.07, 6.45) is 4.30. The number of likely N-dealkylation sites (tertiary alicyclic amines) is 1. The number of rotatable bonds is 3. The van der Waals surface area contributed by atoms with E-state index in [1.807, 2.05) is 10.7 Å². The number of fused-ring (bicyclic) bond motifs is 1. The first-order valence-electron chi connectivity index (χ1n) is 8.27. The summed E-state index contributed by atoms with van der Waals surface area (Å²) in [5.74, 6) is 1.69. The average Bonchev–Trinajstić information content (AvgIpc) is 3.13. The van der Waals surface area contributed by atoms with E-state index in [0.29, 0.717) is 5.92 Å². The maximum atomic E-state index is 4.75. The molecule has 0 amide bonds. The third kappa shape index (κ3) is 2.80. The molecule has 1 unspecified atom stereocenters. The molecular weight excluding hydrogens is 276 g/mol. The molecule has 6 heteroatoms. The predicted molar refractivity (Wildman–Crippen MR) is 87.4 cm³/mol. The Hall–Kier alpha value is -1.66. The topological polar surface area (TPSA) is 48.7 Å². The average molecular weight is 300 g/mol. The molecular formula is C16H24N6. The fraction of sp³-hybridized carbons (Fsp3) is 0.625. The van der Waals surface area contributed by atoms with Gasteiger partial charge in [0, 0.05) is 57.1 Å². The van der Waals surface area contributed by atoms with Crippen LogP contribution in [0.15, 0.2) is 18.3 Å². The van der Waals surface area contributed by atoms with Gasteiger partial charge in [-0.3, -0.25) is 0 Å². The molecule has 0 aromatic carbocycles. The summed E-state index contributed by atoms with van der Waals surface area (Å²) in [7, 11) is 2.19. The van der Waals surface area contributed by atoms with Gasteiger partial charge in [0.1, 0.15) is 0 Å². The Labute approximate surface area is 131 Å². The monoisotopic (exact) mass is 300 g/mol. The number of pyridine rings is 1. The van der Waals surface area contributed by atoms with Gasteiger partial charge in [0.2, 0.25) is 0 Å². The van der Waals surface area contributed by atoms with Crippen LogP contribution in [0.1, 0.15) is 12.2 Å². The second kappa shape index (κ2) is 5.85. The first-order chi connectivity index (χ1) is 10.8. The molecule has 4 rings (SSSR count). The quantitative estimate of drug-likeness (QED) is 0.901. The number of aromatic nitrogens is 3. The van der Waals surface area contributed by atoms with Crippen LogP contribution in [0.5, 0.6) is 0 Å². The predicted octanol–water partition coefficient (Wildman–Crippen LogP) is 0.633. The van der Waals surface area contributed by atoms with E-state index in [0.717, 1.165) is 44.1 Å². The zero-order valence-electron chi connectivity index (χ0n) is 13.2. The van der Waals surface area contributed by atoms with Gasteiger partial charge in [-0.25, -0.2) is 9.50 Å². The molecule has 2 aliphatic heterocycles. The fourth-order valence-corrected chi connectivity index (χ4v) is 3.57. The van der Waals surface area contributed by atoms with E-state index < -0.39 is 0 Å². The third-order valence-corrected chi connectivity index (χ3v) is 4.81. The van der Waals surface area contributed by atoms with E-state index >= 15 is 0 Å². The minimum absolute atomic E-state index is 0.704. The van der Waals surface area contributed by atoms with Gasteiger partial charge in [-0.2, -0.15) is 5.10 Å². The summed E-state index contributed by atoms with van der Waals surface area (Å²) in [4.78, 5) is 9.55. The second-order valence-electron chi connectivity index (χ2n) is 6.57. The van der Waals surface area contributed by atoms with Gasteiger partial charge >= 0.3 is 0 Å². The van der Waals surface area contributed by atoms with Crippen LogP contribution in [-0.4, -0.2) is 65.8 Å². The summed E-state index contributed by atoms with van der Waals surface area (Å²) < 4.78 is 1.92. The Bertz CT molecular complexity index is 645. The van der Waals surface area contributed by atoms with E-state index in [1.165, 1.54) is 25.2 Å².